The summed E-state index contributed by atoms with van der Waals surface area (Å²) < 4.78 is 2.34. The molecular formula is C13H12BrIN2. The fraction of sp³-hybridized carbons (Fsp3) is 0.154. The van der Waals surface area contributed by atoms with Crippen LogP contribution in [0.5, 0.6) is 0 Å². The minimum absolute atomic E-state index is 0.160. The van der Waals surface area contributed by atoms with E-state index in [1.807, 2.05) is 19.3 Å². The summed E-state index contributed by atoms with van der Waals surface area (Å²) in [5, 5.41) is 3.33. The van der Waals surface area contributed by atoms with E-state index in [0.29, 0.717) is 0 Å². The maximum absolute atomic E-state index is 4.17. The molecule has 1 N–H and O–H groups in total. The fourth-order valence-electron chi connectivity index (χ4n) is 1.78. The van der Waals surface area contributed by atoms with Crippen molar-refractivity contribution in [1.29, 1.82) is 0 Å². The number of aromatic nitrogens is 1. The van der Waals surface area contributed by atoms with Gasteiger partial charge in [0.1, 0.15) is 0 Å². The second-order valence-corrected chi connectivity index (χ2v) is 5.77. The molecule has 0 saturated heterocycles. The van der Waals surface area contributed by atoms with Gasteiger partial charge in [0.15, 0.2) is 0 Å². The first-order valence-electron chi connectivity index (χ1n) is 5.24. The molecule has 88 valence electrons. The van der Waals surface area contributed by atoms with Gasteiger partial charge in [0.25, 0.3) is 0 Å². The largest absolute Gasteiger partial charge is 0.309 e. The van der Waals surface area contributed by atoms with Gasteiger partial charge in [-0.2, -0.15) is 0 Å². The van der Waals surface area contributed by atoms with Crippen molar-refractivity contribution >= 4 is 38.5 Å². The molecule has 0 radical (unpaired) electrons. The van der Waals surface area contributed by atoms with E-state index in [4.69, 9.17) is 0 Å². The molecule has 0 bridgehead atoms. The van der Waals surface area contributed by atoms with Crippen molar-refractivity contribution in [2.24, 2.45) is 0 Å². The van der Waals surface area contributed by atoms with Gasteiger partial charge in [0.05, 0.1) is 6.04 Å². The van der Waals surface area contributed by atoms with Gasteiger partial charge in [-0.15, -0.1) is 0 Å². The van der Waals surface area contributed by atoms with Gasteiger partial charge >= 0.3 is 0 Å². The smallest absolute Gasteiger partial charge is 0.0601 e. The zero-order valence-corrected chi connectivity index (χ0v) is 13.1. The first-order chi connectivity index (χ1) is 8.22. The average Bonchev–Trinajstić information content (AvgIpc) is 2.36. The topological polar surface area (TPSA) is 24.9 Å². The summed E-state index contributed by atoms with van der Waals surface area (Å²) in [5.74, 6) is 0. The Bertz CT molecular complexity index is 502. The molecule has 2 nitrogen and oxygen atoms in total. The van der Waals surface area contributed by atoms with Crippen molar-refractivity contribution in [3.05, 3.63) is 61.9 Å². The summed E-state index contributed by atoms with van der Waals surface area (Å²) in [5.41, 5.74) is 2.39. The Balaban J connectivity index is 2.46. The van der Waals surface area contributed by atoms with Crippen molar-refractivity contribution in [3.8, 4) is 0 Å². The van der Waals surface area contributed by atoms with Crippen LogP contribution in [0.2, 0.25) is 0 Å². The molecule has 2 aromatic rings. The second kappa shape index (κ2) is 5.93. The Morgan fingerprint density at radius 3 is 2.82 bits per heavy atom. The van der Waals surface area contributed by atoms with Gasteiger partial charge in [-0.05, 0) is 65.0 Å². The van der Waals surface area contributed by atoms with Crippen LogP contribution in [-0.4, -0.2) is 12.0 Å². The molecule has 2 rings (SSSR count). The molecule has 0 fully saturated rings. The summed E-state index contributed by atoms with van der Waals surface area (Å²) in [4.78, 5) is 4.17. The van der Waals surface area contributed by atoms with Gasteiger partial charge in [-0.25, -0.2) is 0 Å². The number of nitrogens with one attached hydrogen (secondary N) is 1. The zero-order chi connectivity index (χ0) is 12.3. The summed E-state index contributed by atoms with van der Waals surface area (Å²) in [6.45, 7) is 0. The Morgan fingerprint density at radius 2 is 2.18 bits per heavy atom. The van der Waals surface area contributed by atoms with Crippen LogP contribution in [0.3, 0.4) is 0 Å². The summed E-state index contributed by atoms with van der Waals surface area (Å²) in [6.07, 6.45) is 3.69. The van der Waals surface area contributed by atoms with E-state index in [2.05, 4.69) is 73.1 Å². The maximum atomic E-state index is 4.17. The van der Waals surface area contributed by atoms with Gasteiger partial charge < -0.3 is 5.32 Å². The molecule has 0 aliphatic rings. The maximum Gasteiger partial charge on any atom is 0.0601 e. The van der Waals surface area contributed by atoms with Crippen molar-refractivity contribution in [3.63, 3.8) is 0 Å². The van der Waals surface area contributed by atoms with Crippen LogP contribution in [0.15, 0.2) is 47.2 Å². The Morgan fingerprint density at radius 1 is 1.35 bits per heavy atom. The highest BCUT2D eigenvalue weighted by atomic mass is 127. The summed E-state index contributed by atoms with van der Waals surface area (Å²) in [7, 11) is 1.96. The van der Waals surface area contributed by atoms with Crippen LogP contribution < -0.4 is 5.32 Å². The molecule has 0 saturated carbocycles. The molecule has 0 spiro atoms. The number of benzene rings is 1. The highest BCUT2D eigenvalue weighted by molar-refractivity contribution is 14.1. The number of rotatable bonds is 3. The summed E-state index contributed by atoms with van der Waals surface area (Å²) in [6, 6.07) is 10.6. The standard InChI is InChI=1S/C13H12BrIN2/c1-16-13(9-3-2-6-17-8-9)11-7-10(15)4-5-12(11)14/h2-8,13,16H,1H3. The zero-order valence-electron chi connectivity index (χ0n) is 9.32. The second-order valence-electron chi connectivity index (χ2n) is 3.67. The first-order valence-corrected chi connectivity index (χ1v) is 7.11. The van der Waals surface area contributed by atoms with Gasteiger partial charge in [0, 0.05) is 20.4 Å². The highest BCUT2D eigenvalue weighted by Gasteiger charge is 2.15. The van der Waals surface area contributed by atoms with E-state index in [0.717, 1.165) is 10.0 Å². The van der Waals surface area contributed by atoms with Crippen LogP contribution in [0, 0.1) is 3.57 Å². The van der Waals surface area contributed by atoms with Gasteiger partial charge in [0.2, 0.25) is 0 Å². The third-order valence-electron chi connectivity index (χ3n) is 2.58. The van der Waals surface area contributed by atoms with E-state index in [-0.39, 0.29) is 6.04 Å². The number of pyridine rings is 1. The molecule has 4 heteroatoms. The van der Waals surface area contributed by atoms with Gasteiger partial charge in [-0.3, -0.25) is 4.98 Å². The number of hydrogen-bond donors (Lipinski definition) is 1. The molecular weight excluding hydrogens is 391 g/mol. The molecule has 1 unspecified atom stereocenters. The normalized spacial score (nSPS) is 12.4. The van der Waals surface area contributed by atoms with E-state index < -0.39 is 0 Å². The minimum Gasteiger partial charge on any atom is -0.309 e. The molecule has 1 atom stereocenters. The third kappa shape index (κ3) is 3.05. The summed E-state index contributed by atoms with van der Waals surface area (Å²) >= 11 is 5.93. The highest BCUT2D eigenvalue weighted by Crippen LogP contribution is 2.29. The van der Waals surface area contributed by atoms with Crippen LogP contribution in [-0.2, 0) is 0 Å². The predicted octanol–water partition coefficient (Wildman–Crippen LogP) is 3.76. The first kappa shape index (κ1) is 13.0. The quantitative estimate of drug-likeness (QED) is 0.790. The lowest BCUT2D eigenvalue weighted by molar-refractivity contribution is 0.685. The van der Waals surface area contributed by atoms with Crippen LogP contribution >= 0.6 is 38.5 Å². The molecule has 0 amide bonds. The average molecular weight is 403 g/mol. The van der Waals surface area contributed by atoms with Crippen LogP contribution in [0.4, 0.5) is 0 Å². The van der Waals surface area contributed by atoms with Crippen molar-refractivity contribution < 1.29 is 0 Å². The van der Waals surface area contributed by atoms with Crippen LogP contribution in [0.25, 0.3) is 0 Å². The molecule has 0 aliphatic heterocycles. The fourth-order valence-corrected chi connectivity index (χ4v) is 2.78. The van der Waals surface area contributed by atoms with Gasteiger partial charge in [-0.1, -0.05) is 22.0 Å². The van der Waals surface area contributed by atoms with E-state index >= 15 is 0 Å². The number of hydrogen-bond acceptors (Lipinski definition) is 2. The van der Waals surface area contributed by atoms with E-state index in [1.54, 1.807) is 6.20 Å². The molecule has 0 aliphatic carbocycles. The lowest BCUT2D eigenvalue weighted by Crippen LogP contribution is -2.18. The Kier molecular flexibility index (Phi) is 4.53. The lowest BCUT2D eigenvalue weighted by atomic mass is 10.0. The Labute approximate surface area is 123 Å². The molecule has 1 aromatic heterocycles. The molecule has 17 heavy (non-hydrogen) atoms. The minimum atomic E-state index is 0.160. The monoisotopic (exact) mass is 402 g/mol. The van der Waals surface area contributed by atoms with Crippen LogP contribution in [0.1, 0.15) is 17.2 Å². The predicted molar refractivity (Wildman–Crippen MR) is 82.0 cm³/mol. The number of halogens is 2. The lowest BCUT2D eigenvalue weighted by Gasteiger charge is -2.18. The molecule has 1 heterocycles. The third-order valence-corrected chi connectivity index (χ3v) is 3.97. The van der Waals surface area contributed by atoms with Crippen molar-refractivity contribution in [2.75, 3.05) is 7.05 Å². The molecule has 1 aromatic carbocycles. The van der Waals surface area contributed by atoms with E-state index in [9.17, 15) is 0 Å². The SMILES string of the molecule is CNC(c1cccnc1)c1cc(I)ccc1Br. The van der Waals surface area contributed by atoms with E-state index in [1.165, 1.54) is 9.13 Å². The number of nitrogens with zero attached hydrogens (tertiary/aromatic N) is 1. The van der Waals surface area contributed by atoms with Crippen molar-refractivity contribution in [1.82, 2.24) is 10.3 Å². The van der Waals surface area contributed by atoms with Crippen molar-refractivity contribution in [2.45, 2.75) is 6.04 Å². The Hall–Kier alpha value is -0.460.